The van der Waals surface area contributed by atoms with Crippen LogP contribution in [0.25, 0.3) is 15.9 Å². The van der Waals surface area contributed by atoms with E-state index in [1.807, 2.05) is 0 Å². The average molecular weight is 472 g/mol. The number of rotatable bonds is 3. The molecule has 0 aliphatic heterocycles. The second-order valence-corrected chi connectivity index (χ2v) is 10.6. The molecule has 0 bridgehead atoms. The zero-order valence-corrected chi connectivity index (χ0v) is 19.3. The fraction of sp³-hybridized carbons (Fsp3) is 0.391. The summed E-state index contributed by atoms with van der Waals surface area (Å²) in [7, 11) is 0. The summed E-state index contributed by atoms with van der Waals surface area (Å²) in [6.45, 7) is 6.43. The summed E-state index contributed by atoms with van der Waals surface area (Å²) in [5.74, 6) is -2.07. The van der Waals surface area contributed by atoms with E-state index < -0.39 is 23.2 Å². The molecule has 0 spiro atoms. The van der Waals surface area contributed by atoms with Gasteiger partial charge in [-0.3, -0.25) is 4.79 Å². The zero-order valence-electron chi connectivity index (χ0n) is 18.5. The number of hydrogen-bond donors (Lipinski definition) is 1. The number of carbonyl (C=O) groups is 1. The van der Waals surface area contributed by atoms with Crippen molar-refractivity contribution < 1.29 is 13.6 Å². The largest absolute Gasteiger partial charge is 0.352 e. The third-order valence-corrected chi connectivity index (χ3v) is 7.52. The van der Waals surface area contributed by atoms with E-state index in [-0.39, 0.29) is 17.6 Å². The van der Waals surface area contributed by atoms with Crippen molar-refractivity contribution >= 4 is 38.8 Å². The zero-order chi connectivity index (χ0) is 23.5. The van der Waals surface area contributed by atoms with Gasteiger partial charge in [-0.25, -0.2) is 27.6 Å². The molecule has 33 heavy (non-hydrogen) atoms. The second-order valence-electron chi connectivity index (χ2n) is 9.55. The Morgan fingerprint density at radius 2 is 2.06 bits per heavy atom. The van der Waals surface area contributed by atoms with Gasteiger partial charge >= 0.3 is 5.69 Å². The topological polar surface area (TPSA) is 81.3 Å². The summed E-state index contributed by atoms with van der Waals surface area (Å²) in [6.07, 6.45) is 4.38. The van der Waals surface area contributed by atoms with Crippen LogP contribution in [0.3, 0.4) is 0 Å². The van der Waals surface area contributed by atoms with Gasteiger partial charge in [0.2, 0.25) is 5.91 Å². The highest BCUT2D eigenvalue weighted by Gasteiger charge is 2.32. The highest BCUT2D eigenvalue weighted by Crippen LogP contribution is 2.43. The van der Waals surface area contributed by atoms with Gasteiger partial charge in [0, 0.05) is 16.6 Å². The normalized spacial score (nSPS) is 16.3. The van der Waals surface area contributed by atoms with E-state index in [1.165, 1.54) is 27.2 Å². The van der Waals surface area contributed by atoms with Crippen LogP contribution in [0, 0.1) is 23.0 Å². The van der Waals surface area contributed by atoms with Crippen molar-refractivity contribution in [2.24, 2.45) is 11.3 Å². The molecule has 0 saturated carbocycles. The highest BCUT2D eigenvalue weighted by atomic mass is 32.1. The van der Waals surface area contributed by atoms with Crippen molar-refractivity contribution in [3.63, 3.8) is 0 Å². The molecule has 7 nitrogen and oxygen atoms in total. The fourth-order valence-corrected chi connectivity index (χ4v) is 5.71. The minimum atomic E-state index is -1.07. The number of thiophene rings is 1. The van der Waals surface area contributed by atoms with Gasteiger partial charge in [-0.2, -0.15) is 0 Å². The molecule has 0 saturated heterocycles. The Balaban J connectivity index is 1.48. The molecule has 0 radical (unpaired) electrons. The van der Waals surface area contributed by atoms with E-state index in [2.05, 4.69) is 36.2 Å². The molecule has 1 atom stereocenters. The number of carbonyl (C=O) groups excluding carboxylic acids is 1. The molecule has 1 amide bonds. The van der Waals surface area contributed by atoms with Gasteiger partial charge in [-0.1, -0.05) is 20.8 Å². The van der Waals surface area contributed by atoms with Crippen LogP contribution < -0.4 is 11.0 Å². The molecular formula is C23H23F2N5O2S. The molecule has 3 heterocycles. The minimum absolute atomic E-state index is 0.0973. The molecule has 4 aromatic rings. The lowest BCUT2D eigenvalue weighted by Gasteiger charge is -2.33. The van der Waals surface area contributed by atoms with Crippen LogP contribution in [0.15, 0.2) is 29.3 Å². The van der Waals surface area contributed by atoms with Gasteiger partial charge in [0.1, 0.15) is 17.7 Å². The Hall–Kier alpha value is -3.14. The number of aryl methyl sites for hydroxylation is 1. The molecule has 1 N–H and O–H groups in total. The minimum Gasteiger partial charge on any atom is -0.324 e. The predicted molar refractivity (Wildman–Crippen MR) is 123 cm³/mol. The van der Waals surface area contributed by atoms with Crippen LogP contribution in [0.5, 0.6) is 0 Å². The lowest BCUT2D eigenvalue weighted by Crippen LogP contribution is -2.28. The number of hydrogen-bond acceptors (Lipinski definition) is 5. The van der Waals surface area contributed by atoms with Gasteiger partial charge in [0.25, 0.3) is 0 Å². The van der Waals surface area contributed by atoms with Crippen molar-refractivity contribution in [3.05, 3.63) is 57.1 Å². The molecule has 1 aromatic carbocycles. The third-order valence-electron chi connectivity index (χ3n) is 6.35. The van der Waals surface area contributed by atoms with Crippen LogP contribution in [-0.4, -0.2) is 25.1 Å². The van der Waals surface area contributed by atoms with Crippen molar-refractivity contribution in [3.8, 4) is 0 Å². The number of amides is 1. The van der Waals surface area contributed by atoms with Crippen LogP contribution in [0.2, 0.25) is 0 Å². The Bertz CT molecular complexity index is 1460. The number of fused-ring (bicyclic) bond motifs is 5. The number of benzene rings is 1. The predicted octanol–water partition coefficient (Wildman–Crippen LogP) is 4.17. The van der Waals surface area contributed by atoms with E-state index in [0.29, 0.717) is 11.6 Å². The number of nitrogens with zero attached hydrogens (tertiary/aromatic N) is 4. The number of aromatic nitrogens is 4. The van der Waals surface area contributed by atoms with E-state index in [9.17, 15) is 18.4 Å². The smallest absolute Gasteiger partial charge is 0.324 e. The first kappa shape index (κ1) is 21.7. The highest BCUT2D eigenvalue weighted by molar-refractivity contribution is 7.19. The first-order valence-electron chi connectivity index (χ1n) is 10.7. The maximum Gasteiger partial charge on any atom is 0.352 e. The van der Waals surface area contributed by atoms with Crippen LogP contribution in [0.4, 0.5) is 14.5 Å². The Morgan fingerprint density at radius 3 is 2.79 bits per heavy atom. The van der Waals surface area contributed by atoms with Gasteiger partial charge in [-0.15, -0.1) is 16.4 Å². The molecule has 1 aliphatic carbocycles. The van der Waals surface area contributed by atoms with E-state index in [0.717, 1.165) is 46.3 Å². The summed E-state index contributed by atoms with van der Waals surface area (Å²) in [6, 6.07) is 3.06. The first-order valence-corrected chi connectivity index (χ1v) is 11.6. The van der Waals surface area contributed by atoms with Crippen LogP contribution >= 0.6 is 11.3 Å². The van der Waals surface area contributed by atoms with Crippen LogP contribution in [0.1, 0.15) is 37.6 Å². The SMILES string of the molecule is CC(C)(C)C1CCc2c(sc3ncn4c(=O)n(CC(=O)Nc5ccc(F)c(F)c5)nc4c23)C1. The fourth-order valence-electron chi connectivity index (χ4n) is 4.45. The molecule has 1 aliphatic rings. The molecule has 5 rings (SSSR count). The summed E-state index contributed by atoms with van der Waals surface area (Å²) >= 11 is 1.65. The summed E-state index contributed by atoms with van der Waals surface area (Å²) in [4.78, 5) is 31.9. The van der Waals surface area contributed by atoms with E-state index >= 15 is 0 Å². The summed E-state index contributed by atoms with van der Waals surface area (Å²) < 4.78 is 28.9. The first-order chi connectivity index (χ1) is 15.6. The monoisotopic (exact) mass is 471 g/mol. The molecule has 10 heteroatoms. The molecule has 172 valence electrons. The Kier molecular flexibility index (Phi) is 5.08. The van der Waals surface area contributed by atoms with Gasteiger partial charge in [0.05, 0.1) is 5.39 Å². The number of nitrogens with one attached hydrogen (secondary N) is 1. The van der Waals surface area contributed by atoms with Gasteiger partial charge in [-0.05, 0) is 48.3 Å². The van der Waals surface area contributed by atoms with E-state index in [4.69, 9.17) is 0 Å². The van der Waals surface area contributed by atoms with E-state index in [1.54, 1.807) is 11.3 Å². The lowest BCUT2D eigenvalue weighted by molar-refractivity contribution is -0.117. The maximum atomic E-state index is 13.4. The summed E-state index contributed by atoms with van der Waals surface area (Å²) in [5, 5.41) is 7.78. The quantitative estimate of drug-likeness (QED) is 0.486. The molecule has 0 fully saturated rings. The molecule has 1 unspecified atom stereocenters. The number of anilines is 1. The Labute approximate surface area is 192 Å². The Morgan fingerprint density at radius 1 is 1.27 bits per heavy atom. The van der Waals surface area contributed by atoms with Crippen molar-refractivity contribution in [1.82, 2.24) is 19.2 Å². The van der Waals surface area contributed by atoms with Crippen molar-refractivity contribution in [2.75, 3.05) is 5.32 Å². The summed E-state index contributed by atoms with van der Waals surface area (Å²) in [5.41, 5.74) is 1.51. The standard InChI is InChI=1S/C23H23F2N5O2S/c1-23(2,3)12-4-6-14-17(8-12)33-21-19(14)20-28-30(22(32)29(20)11-26-21)10-18(31)27-13-5-7-15(24)16(25)9-13/h5,7,9,11-12H,4,6,8,10H2,1-3H3,(H,27,31). The maximum absolute atomic E-state index is 13.4. The van der Waals surface area contributed by atoms with Gasteiger partial charge < -0.3 is 5.32 Å². The van der Waals surface area contributed by atoms with Crippen molar-refractivity contribution in [2.45, 2.75) is 46.6 Å². The molecule has 3 aromatic heterocycles. The van der Waals surface area contributed by atoms with Crippen molar-refractivity contribution in [1.29, 1.82) is 0 Å². The lowest BCUT2D eigenvalue weighted by atomic mass is 9.72. The molecular weight excluding hydrogens is 448 g/mol. The van der Waals surface area contributed by atoms with Gasteiger partial charge in [0.15, 0.2) is 17.3 Å². The second kappa shape index (κ2) is 7.72. The van der Waals surface area contributed by atoms with Crippen LogP contribution in [-0.2, 0) is 24.2 Å². The average Bonchev–Trinajstić information content (AvgIpc) is 3.27. The number of halogens is 2. The third kappa shape index (κ3) is 3.82.